The van der Waals surface area contributed by atoms with E-state index in [-0.39, 0.29) is 24.1 Å². The summed E-state index contributed by atoms with van der Waals surface area (Å²) in [5.41, 5.74) is -0.321. The number of ether oxygens (including phenoxy) is 1. The number of nitrogens with zero attached hydrogens (tertiary/aromatic N) is 1. The van der Waals surface area contributed by atoms with E-state index >= 15 is 0 Å². The number of fused-ring (bicyclic) bond motifs is 1. The molecule has 1 aromatic heterocycles. The van der Waals surface area contributed by atoms with E-state index in [0.717, 1.165) is 0 Å². The number of halogens is 4. The van der Waals surface area contributed by atoms with Gasteiger partial charge in [0.25, 0.3) is 0 Å². The number of anilines is 3. The minimum atomic E-state index is -4.69. The largest absolute Gasteiger partial charge is 0.457 e. The highest BCUT2D eigenvalue weighted by atomic mass is 19.4. The number of imidazole rings is 1. The van der Waals surface area contributed by atoms with E-state index in [4.69, 9.17) is 4.74 Å². The molecule has 4 amide bonds. The molecule has 3 aromatic carbocycles. The molecule has 0 saturated heterocycles. The van der Waals surface area contributed by atoms with Crippen molar-refractivity contribution >= 4 is 46.2 Å². The standard InChI is InChI=1S/C25H20F4N6O4/c1-13(36)30-12-22(37)35-23-32-19-9-7-17(11-21(19)33-23)39-16-5-3-15(4-6-16)31-24(38)34-20-10-14(25(27,28)29)2-8-18(20)26/h2-11H,12H2,1H3,(H,30,36)(H2,31,34,38)(H2,32,33,35,37). The summed E-state index contributed by atoms with van der Waals surface area (Å²) in [4.78, 5) is 42.1. The number of hydrogen-bond donors (Lipinski definition) is 5. The summed E-state index contributed by atoms with van der Waals surface area (Å²) in [6.45, 7) is 1.10. The number of H-pyrrole nitrogens is 1. The van der Waals surface area contributed by atoms with Crippen molar-refractivity contribution in [2.45, 2.75) is 13.1 Å². The van der Waals surface area contributed by atoms with E-state index in [1.54, 1.807) is 18.2 Å². The number of carbonyl (C=O) groups is 3. The van der Waals surface area contributed by atoms with Gasteiger partial charge in [0.05, 0.1) is 28.8 Å². The maximum atomic E-state index is 13.9. The van der Waals surface area contributed by atoms with Gasteiger partial charge >= 0.3 is 12.2 Å². The zero-order valence-electron chi connectivity index (χ0n) is 20.1. The van der Waals surface area contributed by atoms with Crippen molar-refractivity contribution in [3.63, 3.8) is 0 Å². The minimum Gasteiger partial charge on any atom is -0.457 e. The first-order valence-electron chi connectivity index (χ1n) is 11.2. The highest BCUT2D eigenvalue weighted by Gasteiger charge is 2.31. The fourth-order valence-corrected chi connectivity index (χ4v) is 3.32. The lowest BCUT2D eigenvalue weighted by Gasteiger charge is -2.12. The fourth-order valence-electron chi connectivity index (χ4n) is 3.32. The predicted octanol–water partition coefficient (Wildman–Crippen LogP) is 5.23. The molecule has 0 unspecified atom stereocenters. The quantitative estimate of drug-likeness (QED) is 0.203. The Labute approximate surface area is 217 Å². The Bertz CT molecular complexity index is 1540. The summed E-state index contributed by atoms with van der Waals surface area (Å²) in [6.07, 6.45) is -4.69. The van der Waals surface area contributed by atoms with Crippen molar-refractivity contribution in [2.75, 3.05) is 22.5 Å². The second kappa shape index (κ2) is 11.1. The molecule has 39 heavy (non-hydrogen) atoms. The number of rotatable bonds is 7. The molecular formula is C25H20F4N6O4. The van der Waals surface area contributed by atoms with E-state index in [9.17, 15) is 31.9 Å². The number of nitrogens with one attached hydrogen (secondary N) is 5. The number of benzene rings is 3. The van der Waals surface area contributed by atoms with Crippen LogP contribution in [0, 0.1) is 5.82 Å². The summed E-state index contributed by atoms with van der Waals surface area (Å²) in [7, 11) is 0. The summed E-state index contributed by atoms with van der Waals surface area (Å²) in [6, 6.07) is 11.8. The maximum Gasteiger partial charge on any atom is 0.416 e. The first kappa shape index (κ1) is 26.9. The second-order valence-corrected chi connectivity index (χ2v) is 8.12. The van der Waals surface area contributed by atoms with Gasteiger partial charge in [-0.1, -0.05) is 0 Å². The van der Waals surface area contributed by atoms with Crippen molar-refractivity contribution in [2.24, 2.45) is 0 Å². The third-order valence-electron chi connectivity index (χ3n) is 5.10. The number of carbonyl (C=O) groups excluding carboxylic acids is 3. The van der Waals surface area contributed by atoms with Crippen LogP contribution in [0.15, 0.2) is 60.7 Å². The molecule has 1 heterocycles. The number of urea groups is 1. The molecule has 4 aromatic rings. The van der Waals surface area contributed by atoms with Gasteiger partial charge in [-0.05, 0) is 54.6 Å². The van der Waals surface area contributed by atoms with Crippen LogP contribution in [0.3, 0.4) is 0 Å². The molecule has 0 saturated carbocycles. The van der Waals surface area contributed by atoms with Gasteiger partial charge in [-0.25, -0.2) is 14.2 Å². The van der Waals surface area contributed by atoms with Crippen LogP contribution in [0.25, 0.3) is 11.0 Å². The number of hydrogen-bond acceptors (Lipinski definition) is 5. The van der Waals surface area contributed by atoms with E-state index in [1.165, 1.54) is 31.2 Å². The Kier molecular flexibility index (Phi) is 7.65. The molecule has 5 N–H and O–H groups in total. The smallest absolute Gasteiger partial charge is 0.416 e. The third-order valence-corrected chi connectivity index (χ3v) is 5.10. The lowest BCUT2D eigenvalue weighted by molar-refractivity contribution is -0.137. The van der Waals surface area contributed by atoms with Crippen LogP contribution in [0.4, 0.5) is 39.7 Å². The molecule has 0 fully saturated rings. The van der Waals surface area contributed by atoms with Crippen molar-refractivity contribution in [1.82, 2.24) is 15.3 Å². The Hall–Kier alpha value is -5.14. The molecule has 0 atom stereocenters. The van der Waals surface area contributed by atoms with Crippen molar-refractivity contribution in [3.8, 4) is 11.5 Å². The molecule has 0 aliphatic rings. The first-order valence-corrected chi connectivity index (χ1v) is 11.2. The zero-order valence-corrected chi connectivity index (χ0v) is 20.1. The normalized spacial score (nSPS) is 11.1. The number of aromatic amines is 1. The lowest BCUT2D eigenvalue weighted by Crippen LogP contribution is -2.31. The van der Waals surface area contributed by atoms with E-state index < -0.39 is 35.2 Å². The highest BCUT2D eigenvalue weighted by Crippen LogP contribution is 2.32. The fraction of sp³-hybridized carbons (Fsp3) is 0.120. The molecule has 0 aliphatic heterocycles. The van der Waals surface area contributed by atoms with Gasteiger partial charge in [-0.3, -0.25) is 14.9 Å². The van der Waals surface area contributed by atoms with E-state index in [0.29, 0.717) is 40.7 Å². The van der Waals surface area contributed by atoms with Crippen LogP contribution in [-0.2, 0) is 15.8 Å². The highest BCUT2D eigenvalue weighted by molar-refractivity contribution is 6.00. The Morgan fingerprint density at radius 1 is 0.923 bits per heavy atom. The van der Waals surface area contributed by atoms with E-state index in [2.05, 4.69) is 31.2 Å². The molecule has 4 rings (SSSR count). The van der Waals surface area contributed by atoms with Crippen LogP contribution in [0.1, 0.15) is 12.5 Å². The Balaban J connectivity index is 1.36. The Morgan fingerprint density at radius 3 is 2.33 bits per heavy atom. The van der Waals surface area contributed by atoms with Gasteiger partial charge in [-0.15, -0.1) is 0 Å². The average molecular weight is 544 g/mol. The van der Waals surface area contributed by atoms with Crippen LogP contribution in [0.5, 0.6) is 11.5 Å². The third kappa shape index (κ3) is 7.21. The second-order valence-electron chi connectivity index (χ2n) is 8.12. The minimum absolute atomic E-state index is 0.191. The van der Waals surface area contributed by atoms with Crippen molar-refractivity contribution in [3.05, 3.63) is 72.0 Å². The molecule has 0 radical (unpaired) electrons. The first-order chi connectivity index (χ1) is 18.5. The van der Waals surface area contributed by atoms with Gasteiger partial charge in [0.1, 0.15) is 17.3 Å². The molecule has 0 bridgehead atoms. The molecule has 202 valence electrons. The molecule has 0 spiro atoms. The molecule has 0 aliphatic carbocycles. The monoisotopic (exact) mass is 544 g/mol. The number of aromatic nitrogens is 2. The number of alkyl halides is 3. The van der Waals surface area contributed by atoms with Crippen LogP contribution >= 0.6 is 0 Å². The topological polar surface area (TPSA) is 137 Å². The lowest BCUT2D eigenvalue weighted by atomic mass is 10.2. The molecular weight excluding hydrogens is 524 g/mol. The summed E-state index contributed by atoms with van der Waals surface area (Å²) < 4.78 is 58.2. The summed E-state index contributed by atoms with van der Waals surface area (Å²) in [5.74, 6) is -0.794. The Morgan fingerprint density at radius 2 is 1.64 bits per heavy atom. The van der Waals surface area contributed by atoms with Gasteiger partial charge in [0, 0.05) is 18.7 Å². The van der Waals surface area contributed by atoms with Crippen molar-refractivity contribution < 1.29 is 36.7 Å². The van der Waals surface area contributed by atoms with Crippen LogP contribution in [-0.4, -0.2) is 34.4 Å². The summed E-state index contributed by atoms with van der Waals surface area (Å²) in [5, 5.41) is 9.37. The van der Waals surface area contributed by atoms with Crippen molar-refractivity contribution in [1.29, 1.82) is 0 Å². The van der Waals surface area contributed by atoms with Crippen LogP contribution in [0.2, 0.25) is 0 Å². The SMILES string of the molecule is CC(=O)NCC(=O)Nc1nc2ccc(Oc3ccc(NC(=O)Nc4cc(C(F)(F)F)ccc4F)cc3)cc2[nH]1. The van der Waals surface area contributed by atoms with Crippen LogP contribution < -0.4 is 26.0 Å². The molecule has 14 heteroatoms. The van der Waals surface area contributed by atoms with Gasteiger partial charge in [0.2, 0.25) is 17.8 Å². The van der Waals surface area contributed by atoms with E-state index in [1.807, 2.05) is 0 Å². The zero-order chi connectivity index (χ0) is 28.2. The van der Waals surface area contributed by atoms with Gasteiger partial charge in [0.15, 0.2) is 0 Å². The predicted molar refractivity (Wildman–Crippen MR) is 134 cm³/mol. The molecule has 10 nitrogen and oxygen atoms in total. The average Bonchev–Trinajstić information content (AvgIpc) is 3.26. The number of amides is 4. The van der Waals surface area contributed by atoms with Gasteiger partial charge < -0.3 is 25.7 Å². The maximum absolute atomic E-state index is 13.9. The summed E-state index contributed by atoms with van der Waals surface area (Å²) >= 11 is 0. The van der Waals surface area contributed by atoms with Gasteiger partial charge in [-0.2, -0.15) is 13.2 Å².